The molecule has 3 aromatic carbocycles. The molecule has 0 nitrogen and oxygen atoms in total. The van der Waals surface area contributed by atoms with Crippen LogP contribution in [-0.2, 0) is 0 Å². The quantitative estimate of drug-likeness (QED) is 0.372. The van der Waals surface area contributed by atoms with E-state index in [1.807, 2.05) is 19.1 Å². The van der Waals surface area contributed by atoms with Crippen LogP contribution in [0.1, 0.15) is 12.5 Å². The fourth-order valence-electron chi connectivity index (χ4n) is 3.53. The summed E-state index contributed by atoms with van der Waals surface area (Å²) in [4.78, 5) is 0. The first kappa shape index (κ1) is 13.8. The van der Waals surface area contributed by atoms with E-state index in [0.717, 1.165) is 5.57 Å². The maximum absolute atomic E-state index is 3.99. The summed E-state index contributed by atoms with van der Waals surface area (Å²) in [6.07, 6.45) is 8.17. The molecule has 0 aromatic heterocycles. The first-order chi connectivity index (χ1) is 11.3. The van der Waals surface area contributed by atoms with Gasteiger partial charge in [0.1, 0.15) is 0 Å². The van der Waals surface area contributed by atoms with Crippen LogP contribution in [-0.4, -0.2) is 0 Å². The van der Waals surface area contributed by atoms with Gasteiger partial charge < -0.3 is 0 Å². The molecule has 0 amide bonds. The molecule has 0 fully saturated rings. The molecule has 1 aliphatic carbocycles. The van der Waals surface area contributed by atoms with Gasteiger partial charge in [-0.05, 0) is 51.1 Å². The maximum atomic E-state index is 3.99. The van der Waals surface area contributed by atoms with Crippen LogP contribution < -0.4 is 0 Å². The third-order valence-electron chi connectivity index (χ3n) is 4.55. The first-order valence-corrected chi connectivity index (χ1v) is 7.96. The Hall–Kier alpha value is -2.86. The summed E-state index contributed by atoms with van der Waals surface area (Å²) in [5.74, 6) is 0. The monoisotopic (exact) mass is 294 g/mol. The van der Waals surface area contributed by atoms with Crippen molar-refractivity contribution < 1.29 is 0 Å². The lowest BCUT2D eigenvalue weighted by Gasteiger charge is -2.10. The highest BCUT2D eigenvalue weighted by atomic mass is 14.2. The second-order valence-corrected chi connectivity index (χ2v) is 5.79. The van der Waals surface area contributed by atoms with Gasteiger partial charge in [0.05, 0.1) is 0 Å². The molecule has 23 heavy (non-hydrogen) atoms. The summed E-state index contributed by atoms with van der Waals surface area (Å²) >= 11 is 0. The molecule has 0 unspecified atom stereocenters. The van der Waals surface area contributed by atoms with Crippen molar-refractivity contribution in [2.45, 2.75) is 6.92 Å². The molecule has 0 atom stereocenters. The summed E-state index contributed by atoms with van der Waals surface area (Å²) in [5.41, 5.74) is 7.74. The summed E-state index contributed by atoms with van der Waals surface area (Å²) in [6, 6.07) is 19.7. The van der Waals surface area contributed by atoms with Gasteiger partial charge in [0, 0.05) is 0 Å². The van der Waals surface area contributed by atoms with Crippen LogP contribution in [0.5, 0.6) is 0 Å². The molecule has 110 valence electrons. The van der Waals surface area contributed by atoms with Gasteiger partial charge in [-0.2, -0.15) is 0 Å². The highest BCUT2D eigenvalue weighted by Gasteiger charge is 2.21. The maximum Gasteiger partial charge on any atom is -0.00201 e. The van der Waals surface area contributed by atoms with E-state index in [1.165, 1.54) is 38.6 Å². The Bertz CT molecular complexity index is 955. The van der Waals surface area contributed by atoms with E-state index >= 15 is 0 Å². The average Bonchev–Trinajstić information content (AvgIpc) is 2.93. The normalized spacial score (nSPS) is 12.8. The van der Waals surface area contributed by atoms with Gasteiger partial charge in [0.2, 0.25) is 0 Å². The van der Waals surface area contributed by atoms with E-state index in [-0.39, 0.29) is 0 Å². The largest absolute Gasteiger partial charge is 0.0984 e. The molecule has 0 bridgehead atoms. The van der Waals surface area contributed by atoms with Gasteiger partial charge in [-0.25, -0.2) is 0 Å². The number of fused-ring (bicyclic) bond motifs is 3. The molecule has 0 heterocycles. The second kappa shape index (κ2) is 5.40. The smallest absolute Gasteiger partial charge is 0.00201 e. The van der Waals surface area contributed by atoms with Crippen LogP contribution in [0, 0.1) is 0 Å². The molecular formula is C23H18. The van der Waals surface area contributed by atoms with E-state index in [2.05, 4.69) is 73.3 Å². The van der Waals surface area contributed by atoms with Crippen molar-refractivity contribution in [1.82, 2.24) is 0 Å². The molecule has 1 aliphatic rings. The summed E-state index contributed by atoms with van der Waals surface area (Å²) in [6.45, 7) is 6.02. The Balaban J connectivity index is 2.07. The average molecular weight is 294 g/mol. The van der Waals surface area contributed by atoms with Crippen molar-refractivity contribution in [2.75, 3.05) is 0 Å². The van der Waals surface area contributed by atoms with Gasteiger partial charge >= 0.3 is 0 Å². The lowest BCUT2D eigenvalue weighted by molar-refractivity contribution is 1.67. The molecule has 0 saturated heterocycles. The molecule has 3 aromatic rings. The highest BCUT2D eigenvalue weighted by molar-refractivity contribution is 6.17. The van der Waals surface area contributed by atoms with Gasteiger partial charge in [-0.1, -0.05) is 85.5 Å². The molecular weight excluding hydrogens is 276 g/mol. The predicted molar refractivity (Wildman–Crippen MR) is 101 cm³/mol. The molecule has 0 aliphatic heterocycles. The zero-order valence-corrected chi connectivity index (χ0v) is 13.2. The van der Waals surface area contributed by atoms with E-state index in [0.29, 0.717) is 0 Å². The number of benzene rings is 3. The molecule has 0 heteroatoms. The Labute approximate surface area is 137 Å². The van der Waals surface area contributed by atoms with E-state index in [9.17, 15) is 0 Å². The van der Waals surface area contributed by atoms with Gasteiger partial charge in [0.25, 0.3) is 0 Å². The van der Waals surface area contributed by atoms with Crippen molar-refractivity contribution in [3.05, 3.63) is 91.0 Å². The van der Waals surface area contributed by atoms with Crippen molar-refractivity contribution in [3.63, 3.8) is 0 Å². The van der Waals surface area contributed by atoms with Gasteiger partial charge in [0.15, 0.2) is 0 Å². The van der Waals surface area contributed by atoms with Gasteiger partial charge in [-0.15, -0.1) is 0 Å². The van der Waals surface area contributed by atoms with Crippen LogP contribution in [0.15, 0.2) is 85.5 Å². The predicted octanol–water partition coefficient (Wildman–Crippen LogP) is 6.63. The summed E-state index contributed by atoms with van der Waals surface area (Å²) in [7, 11) is 0. The van der Waals surface area contributed by atoms with Crippen LogP contribution in [0.4, 0.5) is 0 Å². The third-order valence-corrected chi connectivity index (χ3v) is 4.55. The van der Waals surface area contributed by atoms with Crippen LogP contribution >= 0.6 is 0 Å². The summed E-state index contributed by atoms with van der Waals surface area (Å²) < 4.78 is 0. The fraction of sp³-hybridized carbons (Fsp3) is 0.0435. The minimum atomic E-state index is 1.16. The van der Waals surface area contributed by atoms with E-state index < -0.39 is 0 Å². The van der Waals surface area contributed by atoms with Crippen molar-refractivity contribution in [1.29, 1.82) is 0 Å². The van der Waals surface area contributed by atoms with Gasteiger partial charge in [-0.3, -0.25) is 0 Å². The number of allylic oxidation sites excluding steroid dienone is 5. The van der Waals surface area contributed by atoms with E-state index in [4.69, 9.17) is 0 Å². The minimum absolute atomic E-state index is 1.16. The Morgan fingerprint density at radius 2 is 1.52 bits per heavy atom. The fourth-order valence-corrected chi connectivity index (χ4v) is 3.53. The number of rotatable bonds is 3. The topological polar surface area (TPSA) is 0 Å². The zero-order chi connectivity index (χ0) is 15.8. The Morgan fingerprint density at radius 1 is 0.826 bits per heavy atom. The lowest BCUT2D eigenvalue weighted by Crippen LogP contribution is -1.85. The number of hydrogen-bond acceptors (Lipinski definition) is 0. The standard InChI is InChI=1S/C23H18/c1-3-5-9-16(4-2)17-14-15-22-19-11-7-6-10-18(19)21-13-8-12-20(17)23(21)22/h3-15H,2H2,1H3/b5-3-,16-9+. The third kappa shape index (κ3) is 1.99. The molecule has 0 spiro atoms. The molecule has 4 rings (SSSR count). The number of hydrogen-bond donors (Lipinski definition) is 0. The SMILES string of the molecule is C=C/C(=C\C=C/C)c1ccc2c3c(cccc13)-c1ccccc1-2. The van der Waals surface area contributed by atoms with Crippen LogP contribution in [0.25, 0.3) is 38.6 Å². The highest BCUT2D eigenvalue weighted by Crippen LogP contribution is 2.48. The Kier molecular flexibility index (Phi) is 3.24. The lowest BCUT2D eigenvalue weighted by atomic mass is 9.94. The molecule has 0 N–H and O–H groups in total. The zero-order valence-electron chi connectivity index (χ0n) is 13.2. The van der Waals surface area contributed by atoms with E-state index in [1.54, 1.807) is 0 Å². The Morgan fingerprint density at radius 3 is 2.22 bits per heavy atom. The minimum Gasteiger partial charge on any atom is -0.0984 e. The molecule has 0 radical (unpaired) electrons. The molecule has 0 saturated carbocycles. The second-order valence-electron chi connectivity index (χ2n) is 5.79. The van der Waals surface area contributed by atoms with Crippen molar-refractivity contribution >= 4 is 16.3 Å². The van der Waals surface area contributed by atoms with Crippen LogP contribution in [0.2, 0.25) is 0 Å². The van der Waals surface area contributed by atoms with Crippen molar-refractivity contribution in [2.24, 2.45) is 0 Å². The van der Waals surface area contributed by atoms with Crippen molar-refractivity contribution in [3.8, 4) is 22.3 Å². The first-order valence-electron chi connectivity index (χ1n) is 7.96. The van der Waals surface area contributed by atoms with Crippen LogP contribution in [0.3, 0.4) is 0 Å². The summed E-state index contributed by atoms with van der Waals surface area (Å²) in [5, 5.41) is 2.66.